The fraction of sp³-hybridized carbons (Fsp3) is 0.250. The maximum absolute atomic E-state index is 15.3. The van der Waals surface area contributed by atoms with E-state index in [2.05, 4.69) is 30.3 Å². The van der Waals surface area contributed by atoms with E-state index < -0.39 is 5.82 Å². The smallest absolute Gasteiger partial charge is 0.169 e. The molecule has 36 heavy (non-hydrogen) atoms. The number of H-pyrrole nitrogens is 1. The molecule has 5 rings (SSSR count). The van der Waals surface area contributed by atoms with Crippen LogP contribution in [0, 0.1) is 11.2 Å². The number of aromatic amines is 1. The van der Waals surface area contributed by atoms with Gasteiger partial charge in [0.2, 0.25) is 0 Å². The zero-order chi connectivity index (χ0) is 25.1. The first-order valence-corrected chi connectivity index (χ1v) is 11.8. The van der Waals surface area contributed by atoms with Crippen molar-refractivity contribution < 1.29 is 9.13 Å². The molecule has 0 atom stereocenters. The molecule has 1 aliphatic rings. The summed E-state index contributed by atoms with van der Waals surface area (Å²) in [6.07, 6.45) is 7.72. The molecule has 5 N–H and O–H groups in total. The molecule has 1 fully saturated rings. The number of rotatable bonds is 7. The SMILES string of the molecule is N=C/N=C(/Nc1ccc(Oc2ccn3ncnc3c2)c(Cl)c1F)c1[nH]ccc1CN1CCC(N)CC1. The summed E-state index contributed by atoms with van der Waals surface area (Å²) >= 11 is 6.32. The lowest BCUT2D eigenvalue weighted by atomic mass is 10.1. The van der Waals surface area contributed by atoms with Crippen LogP contribution in [0.2, 0.25) is 5.02 Å². The highest BCUT2D eigenvalue weighted by atomic mass is 35.5. The molecule has 0 bridgehead atoms. The van der Waals surface area contributed by atoms with Gasteiger partial charge in [0.15, 0.2) is 17.3 Å². The minimum Gasteiger partial charge on any atom is -0.455 e. The standard InChI is InChI=1S/C24H25ClFN9O/c25-21-19(36-17-6-10-35-20(11-17)31-14-32-35)2-1-18(22(21)26)33-24(30-13-27)23-15(3-7-29-23)12-34-8-4-16(28)5-9-34/h1-3,6-7,10-11,13-14,16,29H,4-5,8-9,12,28H2,(H2,27,30,33). The van der Waals surface area contributed by atoms with Crippen LogP contribution >= 0.6 is 11.6 Å². The quantitative estimate of drug-likeness (QED) is 0.219. The van der Waals surface area contributed by atoms with E-state index in [1.165, 1.54) is 12.4 Å². The summed E-state index contributed by atoms with van der Waals surface area (Å²) in [4.78, 5) is 13.7. The third-order valence-corrected chi connectivity index (χ3v) is 6.42. The highest BCUT2D eigenvalue weighted by molar-refractivity contribution is 6.32. The molecule has 4 heterocycles. The number of nitrogens with one attached hydrogen (secondary N) is 3. The van der Waals surface area contributed by atoms with E-state index in [4.69, 9.17) is 27.5 Å². The number of nitrogens with two attached hydrogens (primary N) is 1. The normalized spacial score (nSPS) is 15.4. The number of likely N-dealkylation sites (tertiary alicyclic amines) is 1. The summed E-state index contributed by atoms with van der Waals surface area (Å²) in [7, 11) is 0. The molecule has 0 aliphatic carbocycles. The third kappa shape index (κ3) is 5.08. The second-order valence-corrected chi connectivity index (χ2v) is 8.87. The van der Waals surface area contributed by atoms with E-state index >= 15 is 4.39 Å². The van der Waals surface area contributed by atoms with Crippen LogP contribution in [-0.4, -0.2) is 55.8 Å². The van der Waals surface area contributed by atoms with Crippen LogP contribution in [0.15, 0.2) is 54.0 Å². The second kappa shape index (κ2) is 10.4. The largest absolute Gasteiger partial charge is 0.455 e. The van der Waals surface area contributed by atoms with Crippen molar-refractivity contribution in [3.05, 3.63) is 71.2 Å². The fourth-order valence-electron chi connectivity index (χ4n) is 4.15. The molecule has 0 saturated carbocycles. The van der Waals surface area contributed by atoms with Crippen molar-refractivity contribution in [2.45, 2.75) is 25.4 Å². The summed E-state index contributed by atoms with van der Waals surface area (Å²) in [5.41, 5.74) is 8.36. The Bertz CT molecular complexity index is 1410. The number of halogens is 2. The van der Waals surface area contributed by atoms with Gasteiger partial charge in [0.05, 0.1) is 11.4 Å². The zero-order valence-electron chi connectivity index (χ0n) is 19.3. The lowest BCUT2D eigenvalue weighted by Gasteiger charge is -2.30. The second-order valence-electron chi connectivity index (χ2n) is 8.49. The molecule has 10 nitrogen and oxygen atoms in total. The minimum atomic E-state index is -0.700. The molecule has 0 radical (unpaired) electrons. The molecule has 3 aromatic heterocycles. The summed E-state index contributed by atoms with van der Waals surface area (Å²) in [6.45, 7) is 2.51. The Morgan fingerprint density at radius 3 is 2.97 bits per heavy atom. The molecular formula is C24H25ClFN9O. The van der Waals surface area contributed by atoms with Gasteiger partial charge in [-0.25, -0.2) is 18.9 Å². The average Bonchev–Trinajstić information content (AvgIpc) is 3.54. The summed E-state index contributed by atoms with van der Waals surface area (Å²) in [5, 5.41) is 14.3. The number of fused-ring (bicyclic) bond motifs is 1. The van der Waals surface area contributed by atoms with Crippen molar-refractivity contribution >= 4 is 35.1 Å². The molecule has 0 spiro atoms. The molecule has 1 aromatic carbocycles. The van der Waals surface area contributed by atoms with Crippen molar-refractivity contribution in [1.29, 1.82) is 5.41 Å². The maximum Gasteiger partial charge on any atom is 0.169 e. The molecule has 0 unspecified atom stereocenters. The van der Waals surface area contributed by atoms with Gasteiger partial charge in [-0.1, -0.05) is 11.6 Å². The van der Waals surface area contributed by atoms with Gasteiger partial charge in [-0.15, -0.1) is 0 Å². The molecular weight excluding hydrogens is 485 g/mol. The number of benzene rings is 1. The number of hydrogen-bond donors (Lipinski definition) is 4. The topological polar surface area (TPSA) is 133 Å². The van der Waals surface area contributed by atoms with Crippen molar-refractivity contribution in [1.82, 2.24) is 24.5 Å². The maximum atomic E-state index is 15.3. The Hall–Kier alpha value is -3.80. The van der Waals surface area contributed by atoms with E-state index in [1.807, 2.05) is 6.07 Å². The molecule has 186 valence electrons. The Labute approximate surface area is 211 Å². The monoisotopic (exact) mass is 509 g/mol. The zero-order valence-corrected chi connectivity index (χ0v) is 20.0. The first kappa shape index (κ1) is 23.9. The number of piperidine rings is 1. The summed E-state index contributed by atoms with van der Waals surface area (Å²) < 4.78 is 22.7. The van der Waals surface area contributed by atoms with Crippen LogP contribution in [-0.2, 0) is 6.54 Å². The van der Waals surface area contributed by atoms with E-state index in [9.17, 15) is 0 Å². The predicted molar refractivity (Wildman–Crippen MR) is 137 cm³/mol. The lowest BCUT2D eigenvalue weighted by Crippen LogP contribution is -2.39. The van der Waals surface area contributed by atoms with Crippen LogP contribution in [0.3, 0.4) is 0 Å². The van der Waals surface area contributed by atoms with Crippen molar-refractivity contribution in [2.75, 3.05) is 18.4 Å². The highest BCUT2D eigenvalue weighted by Crippen LogP contribution is 2.35. The Morgan fingerprint density at radius 2 is 2.17 bits per heavy atom. The molecule has 1 aliphatic heterocycles. The van der Waals surface area contributed by atoms with Gasteiger partial charge in [0.25, 0.3) is 0 Å². The summed E-state index contributed by atoms with van der Waals surface area (Å²) in [6, 6.07) is 8.63. The first-order valence-electron chi connectivity index (χ1n) is 11.5. The Kier molecular flexibility index (Phi) is 6.94. The van der Waals surface area contributed by atoms with Gasteiger partial charge < -0.3 is 20.8 Å². The van der Waals surface area contributed by atoms with Gasteiger partial charge in [-0.2, -0.15) is 5.10 Å². The summed E-state index contributed by atoms with van der Waals surface area (Å²) in [5.74, 6) is 0.199. The van der Waals surface area contributed by atoms with Crippen molar-refractivity contribution in [3.63, 3.8) is 0 Å². The van der Waals surface area contributed by atoms with Gasteiger partial charge >= 0.3 is 0 Å². The fourth-order valence-corrected chi connectivity index (χ4v) is 4.35. The lowest BCUT2D eigenvalue weighted by molar-refractivity contribution is 0.205. The number of ether oxygens (including phenoxy) is 1. The van der Waals surface area contributed by atoms with Crippen LogP contribution in [0.1, 0.15) is 24.1 Å². The van der Waals surface area contributed by atoms with Crippen molar-refractivity contribution in [2.24, 2.45) is 10.7 Å². The number of hydrogen-bond acceptors (Lipinski definition) is 6. The van der Waals surface area contributed by atoms with Crippen molar-refractivity contribution in [3.8, 4) is 11.5 Å². The van der Waals surface area contributed by atoms with E-state index in [-0.39, 0.29) is 22.5 Å². The number of aliphatic imine (C=N–C) groups is 1. The molecule has 12 heteroatoms. The van der Waals surface area contributed by atoms with Crippen LogP contribution in [0.4, 0.5) is 10.1 Å². The molecule has 4 aromatic rings. The van der Waals surface area contributed by atoms with Gasteiger partial charge in [-0.3, -0.25) is 10.3 Å². The van der Waals surface area contributed by atoms with Crippen LogP contribution in [0.5, 0.6) is 11.5 Å². The minimum absolute atomic E-state index is 0.102. The van der Waals surface area contributed by atoms with Gasteiger partial charge in [-0.05, 0) is 55.8 Å². The Balaban J connectivity index is 1.35. The van der Waals surface area contributed by atoms with Crippen LogP contribution < -0.4 is 15.8 Å². The number of nitrogens with zero attached hydrogens (tertiary/aromatic N) is 5. The first-order chi connectivity index (χ1) is 17.5. The van der Waals surface area contributed by atoms with E-state index in [1.54, 1.807) is 35.1 Å². The molecule has 1 saturated heterocycles. The Morgan fingerprint density at radius 1 is 1.33 bits per heavy atom. The number of pyridine rings is 1. The average molecular weight is 510 g/mol. The highest BCUT2D eigenvalue weighted by Gasteiger charge is 2.21. The van der Waals surface area contributed by atoms with Gasteiger partial charge in [0, 0.05) is 31.0 Å². The molecule has 0 amide bonds. The number of aromatic nitrogens is 4. The predicted octanol–water partition coefficient (Wildman–Crippen LogP) is 4.03. The van der Waals surface area contributed by atoms with Crippen LogP contribution in [0.25, 0.3) is 5.65 Å². The third-order valence-electron chi connectivity index (χ3n) is 6.07. The van der Waals surface area contributed by atoms with E-state index in [0.717, 1.165) is 37.8 Å². The number of anilines is 1. The van der Waals surface area contributed by atoms with E-state index in [0.29, 0.717) is 29.5 Å². The van der Waals surface area contributed by atoms with Gasteiger partial charge in [0.1, 0.15) is 29.2 Å². The number of amidine groups is 1.